The van der Waals surface area contributed by atoms with Gasteiger partial charge in [-0.05, 0) is 37.0 Å². The molecular weight excluding hydrogens is 240 g/mol. The van der Waals surface area contributed by atoms with E-state index in [1.54, 1.807) is 0 Å². The molecular formula is C15H22N2O2. The molecule has 1 aromatic carbocycles. The van der Waals surface area contributed by atoms with Crippen LogP contribution in [-0.2, 0) is 9.59 Å². The molecule has 0 aromatic heterocycles. The molecule has 1 atom stereocenters. The van der Waals surface area contributed by atoms with Crippen LogP contribution in [0.2, 0.25) is 0 Å². The van der Waals surface area contributed by atoms with Gasteiger partial charge in [0, 0.05) is 18.2 Å². The van der Waals surface area contributed by atoms with Crippen LogP contribution in [-0.4, -0.2) is 18.4 Å². The molecule has 4 heteroatoms. The van der Waals surface area contributed by atoms with E-state index in [0.717, 1.165) is 5.69 Å². The van der Waals surface area contributed by atoms with E-state index in [1.807, 2.05) is 6.92 Å². The SMILES string of the molecule is CC(CCC(=O)NC=O)Nc1ccc(C(C)C)cc1. The van der Waals surface area contributed by atoms with E-state index in [4.69, 9.17) is 0 Å². The van der Waals surface area contributed by atoms with Crippen LogP contribution in [0.25, 0.3) is 0 Å². The molecule has 0 fully saturated rings. The largest absolute Gasteiger partial charge is 0.383 e. The van der Waals surface area contributed by atoms with Gasteiger partial charge in [-0.25, -0.2) is 0 Å². The summed E-state index contributed by atoms with van der Waals surface area (Å²) in [4.78, 5) is 21.2. The van der Waals surface area contributed by atoms with Crippen molar-refractivity contribution in [1.82, 2.24) is 5.32 Å². The summed E-state index contributed by atoms with van der Waals surface area (Å²) in [6, 6.07) is 8.51. The lowest BCUT2D eigenvalue weighted by atomic mass is 10.0. The van der Waals surface area contributed by atoms with Crippen molar-refractivity contribution >= 4 is 18.0 Å². The minimum atomic E-state index is -0.237. The van der Waals surface area contributed by atoms with Gasteiger partial charge in [0.05, 0.1) is 0 Å². The molecule has 1 unspecified atom stereocenters. The highest BCUT2D eigenvalue weighted by molar-refractivity contribution is 5.85. The number of hydrogen-bond acceptors (Lipinski definition) is 3. The summed E-state index contributed by atoms with van der Waals surface area (Å²) in [5, 5.41) is 5.47. The second-order valence-corrected chi connectivity index (χ2v) is 5.05. The normalized spacial score (nSPS) is 12.0. The first-order chi connectivity index (χ1) is 9.02. The Hall–Kier alpha value is -1.84. The van der Waals surface area contributed by atoms with E-state index in [0.29, 0.717) is 25.2 Å². The highest BCUT2D eigenvalue weighted by Gasteiger charge is 2.06. The Bertz CT molecular complexity index is 413. The van der Waals surface area contributed by atoms with Crippen LogP contribution in [0.15, 0.2) is 24.3 Å². The van der Waals surface area contributed by atoms with Crippen molar-refractivity contribution in [2.24, 2.45) is 0 Å². The third-order valence-electron chi connectivity index (χ3n) is 3.01. The molecule has 0 aliphatic carbocycles. The Kier molecular flexibility index (Phi) is 6.06. The maximum absolute atomic E-state index is 11.1. The minimum absolute atomic E-state index is 0.183. The fourth-order valence-electron chi connectivity index (χ4n) is 1.81. The number of carbonyl (C=O) groups is 2. The summed E-state index contributed by atoms with van der Waals surface area (Å²) < 4.78 is 0. The first-order valence-corrected chi connectivity index (χ1v) is 6.62. The Morgan fingerprint density at radius 2 is 1.84 bits per heavy atom. The number of benzene rings is 1. The fraction of sp³-hybridized carbons (Fsp3) is 0.467. The minimum Gasteiger partial charge on any atom is -0.383 e. The summed E-state index contributed by atoms with van der Waals surface area (Å²) in [5.41, 5.74) is 2.36. The monoisotopic (exact) mass is 262 g/mol. The van der Waals surface area contributed by atoms with Gasteiger partial charge in [0.15, 0.2) is 0 Å². The summed E-state index contributed by atoms with van der Waals surface area (Å²) in [6.07, 6.45) is 1.45. The molecule has 1 aromatic rings. The van der Waals surface area contributed by atoms with Crippen LogP contribution < -0.4 is 10.6 Å². The Balaban J connectivity index is 2.41. The number of imide groups is 1. The maximum atomic E-state index is 11.1. The van der Waals surface area contributed by atoms with Crippen molar-refractivity contribution in [2.45, 2.75) is 45.6 Å². The van der Waals surface area contributed by atoms with Gasteiger partial charge >= 0.3 is 0 Å². The van der Waals surface area contributed by atoms with E-state index < -0.39 is 0 Å². The zero-order valence-corrected chi connectivity index (χ0v) is 11.8. The molecule has 0 saturated heterocycles. The van der Waals surface area contributed by atoms with Crippen LogP contribution in [0.5, 0.6) is 0 Å². The molecule has 2 amide bonds. The van der Waals surface area contributed by atoms with Crippen LogP contribution in [0, 0.1) is 0 Å². The molecule has 19 heavy (non-hydrogen) atoms. The number of rotatable bonds is 7. The fourth-order valence-corrected chi connectivity index (χ4v) is 1.81. The van der Waals surface area contributed by atoms with Gasteiger partial charge in [0.1, 0.15) is 0 Å². The molecule has 0 saturated carbocycles. The quantitative estimate of drug-likeness (QED) is 0.743. The Labute approximate surface area is 114 Å². The number of anilines is 1. The summed E-state index contributed by atoms with van der Waals surface area (Å²) in [6.45, 7) is 6.35. The molecule has 0 aliphatic rings. The van der Waals surface area contributed by atoms with Crippen molar-refractivity contribution in [3.8, 4) is 0 Å². The van der Waals surface area contributed by atoms with Crippen molar-refractivity contribution < 1.29 is 9.59 Å². The zero-order chi connectivity index (χ0) is 14.3. The molecule has 1 rings (SSSR count). The van der Waals surface area contributed by atoms with Crippen LogP contribution in [0.4, 0.5) is 5.69 Å². The standard InChI is InChI=1S/C15H22N2O2/c1-11(2)13-5-7-14(8-6-13)17-12(3)4-9-15(19)16-10-18/h5-8,10-12,17H,4,9H2,1-3H3,(H,16,18,19). The lowest BCUT2D eigenvalue weighted by Crippen LogP contribution is -2.24. The topological polar surface area (TPSA) is 58.2 Å². The highest BCUT2D eigenvalue weighted by Crippen LogP contribution is 2.18. The maximum Gasteiger partial charge on any atom is 0.226 e. The van der Waals surface area contributed by atoms with Gasteiger partial charge in [0.2, 0.25) is 12.3 Å². The molecule has 0 spiro atoms. The third kappa shape index (κ3) is 5.55. The lowest BCUT2D eigenvalue weighted by molar-refractivity contribution is -0.125. The van der Waals surface area contributed by atoms with Crippen molar-refractivity contribution in [1.29, 1.82) is 0 Å². The van der Waals surface area contributed by atoms with E-state index in [1.165, 1.54) is 5.56 Å². The average molecular weight is 262 g/mol. The first kappa shape index (κ1) is 15.2. The predicted octanol–water partition coefficient (Wildman–Crippen LogP) is 2.66. The Morgan fingerprint density at radius 3 is 2.37 bits per heavy atom. The van der Waals surface area contributed by atoms with Crippen molar-refractivity contribution in [3.05, 3.63) is 29.8 Å². The van der Waals surface area contributed by atoms with Crippen LogP contribution in [0.3, 0.4) is 0 Å². The van der Waals surface area contributed by atoms with Crippen LogP contribution >= 0.6 is 0 Å². The van der Waals surface area contributed by atoms with E-state index in [9.17, 15) is 9.59 Å². The second kappa shape index (κ2) is 7.56. The van der Waals surface area contributed by atoms with Gasteiger partial charge in [0.25, 0.3) is 0 Å². The second-order valence-electron chi connectivity index (χ2n) is 5.05. The lowest BCUT2D eigenvalue weighted by Gasteiger charge is -2.15. The van der Waals surface area contributed by atoms with Gasteiger partial charge < -0.3 is 5.32 Å². The number of amides is 2. The highest BCUT2D eigenvalue weighted by atomic mass is 16.2. The average Bonchev–Trinajstić information content (AvgIpc) is 2.37. The Morgan fingerprint density at radius 1 is 1.21 bits per heavy atom. The van der Waals surface area contributed by atoms with E-state index in [-0.39, 0.29) is 11.9 Å². The first-order valence-electron chi connectivity index (χ1n) is 6.62. The van der Waals surface area contributed by atoms with Crippen molar-refractivity contribution in [3.63, 3.8) is 0 Å². The summed E-state index contributed by atoms with van der Waals surface area (Å²) >= 11 is 0. The number of nitrogens with one attached hydrogen (secondary N) is 2. The van der Waals surface area contributed by atoms with Crippen LogP contribution in [0.1, 0.15) is 45.1 Å². The van der Waals surface area contributed by atoms with E-state index >= 15 is 0 Å². The molecule has 0 bridgehead atoms. The summed E-state index contributed by atoms with van der Waals surface area (Å²) in [5.74, 6) is 0.289. The molecule has 4 nitrogen and oxygen atoms in total. The van der Waals surface area contributed by atoms with Gasteiger partial charge in [-0.1, -0.05) is 26.0 Å². The number of hydrogen-bond donors (Lipinski definition) is 2. The van der Waals surface area contributed by atoms with E-state index in [2.05, 4.69) is 48.7 Å². The smallest absolute Gasteiger partial charge is 0.226 e. The molecule has 0 aliphatic heterocycles. The van der Waals surface area contributed by atoms with Crippen molar-refractivity contribution in [2.75, 3.05) is 5.32 Å². The molecule has 0 radical (unpaired) electrons. The third-order valence-corrected chi connectivity index (χ3v) is 3.01. The molecule has 2 N–H and O–H groups in total. The summed E-state index contributed by atoms with van der Waals surface area (Å²) in [7, 11) is 0. The predicted molar refractivity (Wildman–Crippen MR) is 77.1 cm³/mol. The van der Waals surface area contributed by atoms with Gasteiger partial charge in [-0.3, -0.25) is 14.9 Å². The van der Waals surface area contributed by atoms with Gasteiger partial charge in [-0.15, -0.1) is 0 Å². The zero-order valence-electron chi connectivity index (χ0n) is 11.8. The van der Waals surface area contributed by atoms with Gasteiger partial charge in [-0.2, -0.15) is 0 Å². The number of carbonyl (C=O) groups excluding carboxylic acids is 2. The molecule has 104 valence electrons. The molecule has 0 heterocycles.